The number of carboxylic acids is 1. The number of aryl methyl sites for hydroxylation is 1. The molecule has 0 amide bonds. The highest BCUT2D eigenvalue weighted by Gasteiger charge is 2.19. The van der Waals surface area contributed by atoms with Gasteiger partial charge in [-0.3, -0.25) is 4.79 Å². The molecule has 9 nitrogen and oxygen atoms in total. The number of carboxylic acid groups (broad SMARTS) is 1. The van der Waals surface area contributed by atoms with Crippen LogP contribution in [-0.2, 0) is 20.4 Å². The number of sulfone groups is 1. The zero-order valence-corrected chi connectivity index (χ0v) is 19.1. The molecule has 1 aliphatic rings. The van der Waals surface area contributed by atoms with Crippen molar-refractivity contribution in [3.05, 3.63) is 59.5 Å². The minimum atomic E-state index is -3.91. The van der Waals surface area contributed by atoms with E-state index in [2.05, 4.69) is 15.3 Å². The van der Waals surface area contributed by atoms with Crippen LogP contribution in [-0.4, -0.2) is 48.4 Å². The smallest absolute Gasteiger partial charge is 0.318 e. The minimum Gasteiger partial charge on any atom is -0.493 e. The number of aliphatic carboxylic acids is 1. The fraction of sp³-hybridized carbons (Fsp3) is 0.261. The van der Waals surface area contributed by atoms with Crippen molar-refractivity contribution in [2.24, 2.45) is 0 Å². The fourth-order valence-corrected chi connectivity index (χ4v) is 4.66. The molecule has 2 aromatic heterocycles. The molecule has 3 aromatic rings. The van der Waals surface area contributed by atoms with Crippen molar-refractivity contribution in [1.82, 2.24) is 9.97 Å². The number of ether oxygens (including phenoxy) is 2. The molecule has 1 aliphatic heterocycles. The molecule has 3 heterocycles. The number of aromatic nitrogens is 2. The first kappa shape index (κ1) is 23.4. The molecule has 0 fully saturated rings. The Balaban J connectivity index is 1.75. The summed E-state index contributed by atoms with van der Waals surface area (Å²) >= 11 is 0. The van der Waals surface area contributed by atoms with Crippen LogP contribution in [0.3, 0.4) is 0 Å². The highest BCUT2D eigenvalue weighted by Crippen LogP contribution is 2.34. The van der Waals surface area contributed by atoms with Crippen LogP contribution in [0.2, 0.25) is 0 Å². The molecule has 178 valence electrons. The third kappa shape index (κ3) is 5.79. The Morgan fingerprint density at radius 1 is 1.12 bits per heavy atom. The Labute approximate surface area is 195 Å². The van der Waals surface area contributed by atoms with Crippen molar-refractivity contribution in [3.8, 4) is 22.8 Å². The number of fused-ring (bicyclic) bond motifs is 6. The first-order valence-electron chi connectivity index (χ1n) is 10.4. The normalized spacial score (nSPS) is 13.5. The van der Waals surface area contributed by atoms with Crippen LogP contribution in [0.5, 0.6) is 11.6 Å². The van der Waals surface area contributed by atoms with Gasteiger partial charge in [-0.2, -0.15) is 4.98 Å². The van der Waals surface area contributed by atoms with E-state index < -0.39 is 33.1 Å². The average Bonchev–Trinajstić information content (AvgIpc) is 2.73. The highest BCUT2D eigenvalue weighted by atomic mass is 32.2. The molecule has 0 atom stereocenters. The Morgan fingerprint density at radius 3 is 2.71 bits per heavy atom. The molecule has 0 unspecified atom stereocenters. The van der Waals surface area contributed by atoms with Gasteiger partial charge in [-0.25, -0.2) is 17.8 Å². The van der Waals surface area contributed by atoms with E-state index in [1.807, 2.05) is 19.1 Å². The Kier molecular flexibility index (Phi) is 6.64. The van der Waals surface area contributed by atoms with E-state index in [9.17, 15) is 17.6 Å². The lowest BCUT2D eigenvalue weighted by molar-refractivity contribution is -0.134. The standard InChI is InChI=1S/C23H22FN3O6S/c1-14-3-4-16-17-10-20(25-11-18(17)24)26-21-8-15(12-34(30,31)13-23(28)29)9-22(27-21)33-6-2-5-32-19(16)7-14/h3-4,7-11H,2,5-6,12-13H2,1H3,(H,28,29)(H,25,26,27). The number of carbonyl (C=O) groups is 1. The molecule has 4 rings (SSSR count). The minimum absolute atomic E-state index is 0.154. The van der Waals surface area contributed by atoms with Gasteiger partial charge in [-0.15, -0.1) is 0 Å². The van der Waals surface area contributed by atoms with Gasteiger partial charge in [-0.1, -0.05) is 12.1 Å². The zero-order chi connectivity index (χ0) is 24.3. The third-order valence-corrected chi connectivity index (χ3v) is 6.39. The number of nitrogens with one attached hydrogen (secondary N) is 1. The van der Waals surface area contributed by atoms with Gasteiger partial charge in [0.1, 0.15) is 29.0 Å². The fourth-order valence-electron chi connectivity index (χ4n) is 3.51. The van der Waals surface area contributed by atoms with Crippen LogP contribution in [0.15, 0.2) is 42.6 Å². The summed E-state index contributed by atoms with van der Waals surface area (Å²) in [5, 5.41) is 11.8. The maximum atomic E-state index is 14.7. The van der Waals surface area contributed by atoms with E-state index in [0.29, 0.717) is 29.9 Å². The summed E-state index contributed by atoms with van der Waals surface area (Å²) in [4.78, 5) is 19.3. The predicted molar refractivity (Wildman–Crippen MR) is 123 cm³/mol. The Hall–Kier alpha value is -3.73. The van der Waals surface area contributed by atoms with E-state index in [4.69, 9.17) is 14.6 Å². The molecule has 2 N–H and O–H groups in total. The van der Waals surface area contributed by atoms with E-state index in [0.717, 1.165) is 11.8 Å². The number of anilines is 2. The highest BCUT2D eigenvalue weighted by molar-refractivity contribution is 7.91. The van der Waals surface area contributed by atoms with E-state index in [1.54, 1.807) is 6.07 Å². The van der Waals surface area contributed by atoms with Crippen molar-refractivity contribution < 1.29 is 32.2 Å². The number of pyridine rings is 2. The van der Waals surface area contributed by atoms with Gasteiger partial charge in [0, 0.05) is 23.6 Å². The first-order valence-corrected chi connectivity index (χ1v) is 12.2. The van der Waals surface area contributed by atoms with E-state index >= 15 is 0 Å². The maximum absolute atomic E-state index is 14.7. The first-order chi connectivity index (χ1) is 16.2. The number of rotatable bonds is 4. The summed E-state index contributed by atoms with van der Waals surface area (Å²) in [5.41, 5.74) is 2.10. The van der Waals surface area contributed by atoms with Gasteiger partial charge in [0.2, 0.25) is 5.88 Å². The molecule has 34 heavy (non-hydrogen) atoms. The van der Waals surface area contributed by atoms with Crippen LogP contribution in [0.1, 0.15) is 17.5 Å². The lowest BCUT2D eigenvalue weighted by Gasteiger charge is -2.16. The lowest BCUT2D eigenvalue weighted by atomic mass is 10.0. The van der Waals surface area contributed by atoms with Crippen molar-refractivity contribution in [2.45, 2.75) is 19.1 Å². The second-order valence-electron chi connectivity index (χ2n) is 7.85. The molecule has 0 saturated heterocycles. The summed E-state index contributed by atoms with van der Waals surface area (Å²) in [7, 11) is -3.91. The molecule has 11 heteroatoms. The number of nitrogens with zero attached hydrogens (tertiary/aromatic N) is 2. The number of halogens is 1. The number of hydrogen-bond donors (Lipinski definition) is 2. The van der Waals surface area contributed by atoms with Crippen LogP contribution in [0.25, 0.3) is 11.1 Å². The van der Waals surface area contributed by atoms with Gasteiger partial charge >= 0.3 is 5.97 Å². The van der Waals surface area contributed by atoms with Gasteiger partial charge in [0.05, 0.1) is 25.2 Å². The molecular weight excluding hydrogens is 465 g/mol. The molecule has 0 spiro atoms. The van der Waals surface area contributed by atoms with Crippen molar-refractivity contribution >= 4 is 27.4 Å². The maximum Gasteiger partial charge on any atom is 0.318 e. The number of hydrogen-bond acceptors (Lipinski definition) is 8. The molecular formula is C23H22FN3O6S. The van der Waals surface area contributed by atoms with Gasteiger partial charge < -0.3 is 19.9 Å². The average molecular weight is 488 g/mol. The van der Waals surface area contributed by atoms with Gasteiger partial charge in [0.25, 0.3) is 0 Å². The molecule has 0 aliphatic carbocycles. The predicted octanol–water partition coefficient (Wildman–Crippen LogP) is 3.50. The summed E-state index contributed by atoms with van der Waals surface area (Å²) in [6, 6.07) is 9.89. The van der Waals surface area contributed by atoms with Crippen molar-refractivity contribution in [2.75, 3.05) is 24.3 Å². The van der Waals surface area contributed by atoms with Crippen LogP contribution < -0.4 is 14.8 Å². The van der Waals surface area contributed by atoms with Crippen LogP contribution in [0.4, 0.5) is 16.0 Å². The van der Waals surface area contributed by atoms with Gasteiger partial charge in [0.15, 0.2) is 9.84 Å². The second-order valence-corrected chi connectivity index (χ2v) is 9.91. The Bertz CT molecular complexity index is 1350. The zero-order valence-electron chi connectivity index (χ0n) is 18.2. The van der Waals surface area contributed by atoms with Crippen LogP contribution >= 0.6 is 0 Å². The molecule has 4 bridgehead atoms. The summed E-state index contributed by atoms with van der Waals surface area (Å²) in [5.74, 6) is -2.28. The topological polar surface area (TPSA) is 128 Å². The largest absolute Gasteiger partial charge is 0.493 e. The SMILES string of the molecule is Cc1ccc2c(c1)OCCCOc1cc(CS(=O)(=O)CC(=O)O)cc(n1)Nc1cc-2c(F)cn1. The summed E-state index contributed by atoms with van der Waals surface area (Å²) < 4.78 is 50.7. The second kappa shape index (κ2) is 9.64. The number of benzene rings is 1. The van der Waals surface area contributed by atoms with Crippen molar-refractivity contribution in [3.63, 3.8) is 0 Å². The summed E-state index contributed by atoms with van der Waals surface area (Å²) in [6.45, 7) is 2.45. The monoisotopic (exact) mass is 487 g/mol. The quantitative estimate of drug-likeness (QED) is 0.568. The third-order valence-electron chi connectivity index (χ3n) is 4.93. The molecule has 0 radical (unpaired) electrons. The van der Waals surface area contributed by atoms with Crippen molar-refractivity contribution in [1.29, 1.82) is 0 Å². The Morgan fingerprint density at radius 2 is 1.91 bits per heavy atom. The summed E-state index contributed by atoms with van der Waals surface area (Å²) in [6.07, 6.45) is 1.56. The van der Waals surface area contributed by atoms with E-state index in [1.165, 1.54) is 18.2 Å². The van der Waals surface area contributed by atoms with Gasteiger partial charge in [-0.05, 0) is 36.2 Å². The molecule has 0 saturated carbocycles. The van der Waals surface area contributed by atoms with Crippen LogP contribution in [0, 0.1) is 12.7 Å². The lowest BCUT2D eigenvalue weighted by Crippen LogP contribution is -2.17. The van der Waals surface area contributed by atoms with E-state index in [-0.39, 0.29) is 29.7 Å². The molecule has 1 aromatic carbocycles.